The first kappa shape index (κ1) is 7.90. The number of terminal acetylenes is 1. The van der Waals surface area contributed by atoms with E-state index in [1.807, 2.05) is 13.0 Å². The monoisotopic (exact) mass is 150 g/mol. The van der Waals surface area contributed by atoms with E-state index >= 15 is 0 Å². The first-order chi connectivity index (χ1) is 5.27. The van der Waals surface area contributed by atoms with E-state index in [0.29, 0.717) is 12.2 Å². The fourth-order valence-electron chi connectivity index (χ4n) is 0.935. The summed E-state index contributed by atoms with van der Waals surface area (Å²) in [4.78, 5) is 0. The molecule has 11 heavy (non-hydrogen) atoms. The van der Waals surface area contributed by atoms with Gasteiger partial charge in [0.25, 0.3) is 0 Å². The van der Waals surface area contributed by atoms with Crippen molar-refractivity contribution in [3.8, 4) is 12.3 Å². The highest BCUT2D eigenvalue weighted by Gasteiger charge is 2.04. The molecule has 1 rings (SSSR count). The van der Waals surface area contributed by atoms with Gasteiger partial charge in [0.2, 0.25) is 0 Å². The predicted octanol–water partition coefficient (Wildman–Crippen LogP) is 1.26. The Balaban J connectivity index is 2.88. The van der Waals surface area contributed by atoms with Crippen LogP contribution in [0.25, 0.3) is 0 Å². The van der Waals surface area contributed by atoms with Gasteiger partial charge in [-0.05, 0) is 18.6 Å². The van der Waals surface area contributed by atoms with Crippen LogP contribution in [0.2, 0.25) is 0 Å². The van der Waals surface area contributed by atoms with Crippen LogP contribution in [0.5, 0.6) is 0 Å². The molecule has 2 heteroatoms. The van der Waals surface area contributed by atoms with E-state index in [9.17, 15) is 0 Å². The van der Waals surface area contributed by atoms with Crippen LogP contribution in [0.4, 0.5) is 0 Å². The second-order valence-electron chi connectivity index (χ2n) is 2.36. The van der Waals surface area contributed by atoms with Gasteiger partial charge in [0.05, 0.1) is 6.42 Å². The number of hydrogen-bond acceptors (Lipinski definition) is 2. The third kappa shape index (κ3) is 1.63. The Morgan fingerprint density at radius 1 is 1.73 bits per heavy atom. The molecule has 2 nitrogen and oxygen atoms in total. The van der Waals surface area contributed by atoms with Crippen molar-refractivity contribution < 1.29 is 9.52 Å². The summed E-state index contributed by atoms with van der Waals surface area (Å²) in [5.41, 5.74) is 0.956. The number of rotatable bonds is 2. The quantitative estimate of drug-likeness (QED) is 0.644. The van der Waals surface area contributed by atoms with Crippen LogP contribution in [0.3, 0.4) is 0 Å². The molecule has 0 saturated heterocycles. The van der Waals surface area contributed by atoms with Crippen LogP contribution in [-0.2, 0) is 13.0 Å². The van der Waals surface area contributed by atoms with Crippen LogP contribution in [0.1, 0.15) is 17.1 Å². The second-order valence-corrected chi connectivity index (χ2v) is 2.36. The fourth-order valence-corrected chi connectivity index (χ4v) is 0.935. The molecule has 0 fully saturated rings. The van der Waals surface area contributed by atoms with Gasteiger partial charge < -0.3 is 9.52 Å². The van der Waals surface area contributed by atoms with Gasteiger partial charge in [-0.1, -0.05) is 5.92 Å². The number of furan rings is 1. The van der Waals surface area contributed by atoms with E-state index in [0.717, 1.165) is 11.3 Å². The Morgan fingerprint density at radius 2 is 2.45 bits per heavy atom. The van der Waals surface area contributed by atoms with Crippen LogP contribution in [0.15, 0.2) is 10.5 Å². The van der Waals surface area contributed by atoms with Crippen LogP contribution in [-0.4, -0.2) is 5.11 Å². The van der Waals surface area contributed by atoms with Crippen molar-refractivity contribution in [1.29, 1.82) is 0 Å². The smallest absolute Gasteiger partial charge is 0.132 e. The SMILES string of the molecule is C#CCc1cc(C)c(CO)o1. The van der Waals surface area contributed by atoms with Crippen molar-refractivity contribution in [2.45, 2.75) is 20.0 Å². The molecule has 58 valence electrons. The maximum atomic E-state index is 8.75. The first-order valence-corrected chi connectivity index (χ1v) is 3.40. The molecule has 0 aliphatic rings. The molecule has 0 spiro atoms. The zero-order chi connectivity index (χ0) is 8.27. The Labute approximate surface area is 65.8 Å². The van der Waals surface area contributed by atoms with E-state index in [1.54, 1.807) is 0 Å². The molecule has 1 N–H and O–H groups in total. The van der Waals surface area contributed by atoms with Crippen molar-refractivity contribution >= 4 is 0 Å². The molecule has 0 aliphatic carbocycles. The maximum Gasteiger partial charge on any atom is 0.132 e. The molecule has 1 aromatic heterocycles. The molecule has 1 aromatic rings. The molecule has 0 amide bonds. The molecule has 0 aliphatic heterocycles. The summed E-state index contributed by atoms with van der Waals surface area (Å²) in [6, 6.07) is 1.85. The maximum absolute atomic E-state index is 8.75. The van der Waals surface area contributed by atoms with Crippen molar-refractivity contribution in [2.75, 3.05) is 0 Å². The number of aliphatic hydroxyl groups is 1. The molecule has 0 aromatic carbocycles. The highest BCUT2D eigenvalue weighted by molar-refractivity contribution is 5.21. The van der Waals surface area contributed by atoms with Crippen LogP contribution in [0, 0.1) is 19.3 Å². The fraction of sp³-hybridized carbons (Fsp3) is 0.333. The summed E-state index contributed by atoms with van der Waals surface area (Å²) in [6.45, 7) is 1.82. The summed E-state index contributed by atoms with van der Waals surface area (Å²) in [6.07, 6.45) is 5.58. The summed E-state index contributed by atoms with van der Waals surface area (Å²) >= 11 is 0. The molecule has 0 radical (unpaired) electrons. The van der Waals surface area contributed by atoms with Crippen molar-refractivity contribution in [3.63, 3.8) is 0 Å². The predicted molar refractivity (Wildman–Crippen MR) is 41.9 cm³/mol. The Bertz CT molecular complexity index is 278. The lowest BCUT2D eigenvalue weighted by Crippen LogP contribution is -1.79. The third-order valence-electron chi connectivity index (χ3n) is 1.49. The van der Waals surface area contributed by atoms with Gasteiger partial charge in [0, 0.05) is 0 Å². The first-order valence-electron chi connectivity index (χ1n) is 3.40. The lowest BCUT2D eigenvalue weighted by Gasteiger charge is -1.88. The number of aryl methyl sites for hydroxylation is 1. The summed E-state index contributed by atoms with van der Waals surface area (Å²) < 4.78 is 5.21. The van der Waals surface area contributed by atoms with Crippen molar-refractivity contribution in [2.24, 2.45) is 0 Å². The minimum atomic E-state index is -0.0591. The van der Waals surface area contributed by atoms with Gasteiger partial charge >= 0.3 is 0 Å². The zero-order valence-corrected chi connectivity index (χ0v) is 6.42. The van der Waals surface area contributed by atoms with Gasteiger partial charge in [-0.3, -0.25) is 0 Å². The van der Waals surface area contributed by atoms with Gasteiger partial charge in [-0.15, -0.1) is 6.42 Å². The molecule has 0 bridgehead atoms. The van der Waals surface area contributed by atoms with E-state index in [4.69, 9.17) is 15.9 Å². The molecule has 1 heterocycles. The highest BCUT2D eigenvalue weighted by Crippen LogP contribution is 2.14. The Morgan fingerprint density at radius 3 is 2.91 bits per heavy atom. The summed E-state index contributed by atoms with van der Waals surface area (Å²) in [5.74, 6) is 3.82. The topological polar surface area (TPSA) is 33.4 Å². The number of aliphatic hydroxyl groups excluding tert-OH is 1. The van der Waals surface area contributed by atoms with E-state index in [-0.39, 0.29) is 6.61 Å². The molecular weight excluding hydrogens is 140 g/mol. The summed E-state index contributed by atoms with van der Waals surface area (Å²) in [5, 5.41) is 8.75. The molecule has 0 saturated carbocycles. The second kappa shape index (κ2) is 3.27. The van der Waals surface area contributed by atoms with Gasteiger partial charge in [-0.2, -0.15) is 0 Å². The lowest BCUT2D eigenvalue weighted by molar-refractivity contribution is 0.243. The Hall–Kier alpha value is -1.20. The van der Waals surface area contributed by atoms with Gasteiger partial charge in [0.1, 0.15) is 18.1 Å². The van der Waals surface area contributed by atoms with Crippen LogP contribution < -0.4 is 0 Å². The summed E-state index contributed by atoms with van der Waals surface area (Å²) in [7, 11) is 0. The minimum absolute atomic E-state index is 0.0591. The van der Waals surface area contributed by atoms with Crippen molar-refractivity contribution in [3.05, 3.63) is 23.2 Å². The van der Waals surface area contributed by atoms with Gasteiger partial charge in [0.15, 0.2) is 0 Å². The highest BCUT2D eigenvalue weighted by atomic mass is 16.4. The average molecular weight is 150 g/mol. The minimum Gasteiger partial charge on any atom is -0.462 e. The molecule has 0 unspecified atom stereocenters. The lowest BCUT2D eigenvalue weighted by atomic mass is 10.2. The van der Waals surface area contributed by atoms with Crippen LogP contribution >= 0.6 is 0 Å². The standard InChI is InChI=1S/C9H10O2/c1-3-4-8-5-7(2)9(6-10)11-8/h1,5,10H,4,6H2,2H3. The van der Waals surface area contributed by atoms with E-state index in [2.05, 4.69) is 5.92 Å². The van der Waals surface area contributed by atoms with Gasteiger partial charge in [-0.25, -0.2) is 0 Å². The van der Waals surface area contributed by atoms with E-state index < -0.39 is 0 Å². The number of hydrogen-bond donors (Lipinski definition) is 1. The molecular formula is C9H10O2. The molecule has 0 atom stereocenters. The third-order valence-corrected chi connectivity index (χ3v) is 1.49. The normalized spacial score (nSPS) is 9.55. The van der Waals surface area contributed by atoms with Crippen molar-refractivity contribution in [1.82, 2.24) is 0 Å². The average Bonchev–Trinajstić information content (AvgIpc) is 2.32. The zero-order valence-electron chi connectivity index (χ0n) is 6.42. The largest absolute Gasteiger partial charge is 0.462 e. The van der Waals surface area contributed by atoms with E-state index in [1.165, 1.54) is 0 Å². The Kier molecular flexibility index (Phi) is 2.35.